The highest BCUT2D eigenvalue weighted by Crippen LogP contribution is 2.39. The molecule has 0 fully saturated rings. The topological polar surface area (TPSA) is 12.9 Å². The predicted octanol–water partition coefficient (Wildman–Crippen LogP) is 5.50. The highest BCUT2D eigenvalue weighted by atomic mass is 35.5. The van der Waals surface area contributed by atoms with Crippen LogP contribution in [-0.4, -0.2) is 4.98 Å². The van der Waals surface area contributed by atoms with E-state index in [-0.39, 0.29) is 15.6 Å². The van der Waals surface area contributed by atoms with E-state index in [1.165, 1.54) is 18.3 Å². The average molecular weight is 311 g/mol. The molecule has 0 aliphatic heterocycles. The summed E-state index contributed by atoms with van der Waals surface area (Å²) < 4.78 is 13.6. The van der Waals surface area contributed by atoms with Crippen LogP contribution >= 0.6 is 46.4 Å². The minimum atomic E-state index is -0.672. The molecule has 0 aliphatic carbocycles. The largest absolute Gasteiger partial charge is 0.226 e. The van der Waals surface area contributed by atoms with Gasteiger partial charge in [0.25, 0.3) is 0 Å². The van der Waals surface area contributed by atoms with Crippen LogP contribution in [0.15, 0.2) is 24.4 Å². The SMILES string of the molecule is Fc1ncc(Cl)cc1-c1ccc(Cl)c(Cl)c1Cl. The van der Waals surface area contributed by atoms with Gasteiger partial charge in [0.05, 0.1) is 20.1 Å². The second-order valence-electron chi connectivity index (χ2n) is 3.21. The maximum atomic E-state index is 13.6. The highest BCUT2D eigenvalue weighted by molar-refractivity contribution is 6.49. The van der Waals surface area contributed by atoms with E-state index in [4.69, 9.17) is 46.4 Å². The lowest BCUT2D eigenvalue weighted by Crippen LogP contribution is -1.90. The molecule has 0 amide bonds. The Balaban J connectivity index is 2.69. The number of nitrogens with zero attached hydrogens (tertiary/aromatic N) is 1. The summed E-state index contributed by atoms with van der Waals surface area (Å²) in [6, 6.07) is 4.52. The first-order chi connectivity index (χ1) is 8.00. The van der Waals surface area contributed by atoms with E-state index < -0.39 is 5.95 Å². The number of aromatic nitrogens is 1. The molecule has 0 spiro atoms. The lowest BCUT2D eigenvalue weighted by atomic mass is 10.1. The van der Waals surface area contributed by atoms with Gasteiger partial charge in [-0.25, -0.2) is 4.98 Å². The van der Waals surface area contributed by atoms with Crippen LogP contribution in [0.2, 0.25) is 20.1 Å². The number of benzene rings is 1. The summed E-state index contributed by atoms with van der Waals surface area (Å²) in [5.41, 5.74) is 0.578. The molecule has 0 radical (unpaired) electrons. The van der Waals surface area contributed by atoms with Crippen molar-refractivity contribution in [2.45, 2.75) is 0 Å². The van der Waals surface area contributed by atoms with Gasteiger partial charge in [0.15, 0.2) is 0 Å². The standard InChI is InChI=1S/C11H4Cl4FN/c12-5-3-7(11(16)17-4-5)6-1-2-8(13)10(15)9(6)14/h1-4H. The molecule has 0 saturated carbocycles. The van der Waals surface area contributed by atoms with E-state index in [1.54, 1.807) is 6.07 Å². The summed E-state index contributed by atoms with van der Waals surface area (Å²) in [6.07, 6.45) is 1.21. The van der Waals surface area contributed by atoms with Crippen molar-refractivity contribution in [3.05, 3.63) is 50.4 Å². The summed E-state index contributed by atoms with van der Waals surface area (Å²) in [5, 5.41) is 0.951. The maximum Gasteiger partial charge on any atom is 0.220 e. The van der Waals surface area contributed by atoms with Gasteiger partial charge in [-0.05, 0) is 12.1 Å². The quantitative estimate of drug-likeness (QED) is 0.500. The molecule has 0 unspecified atom stereocenters. The molecular formula is C11H4Cl4FN. The summed E-state index contributed by atoms with van der Waals surface area (Å²) >= 11 is 23.4. The van der Waals surface area contributed by atoms with Crippen LogP contribution in [0.1, 0.15) is 0 Å². The molecular weight excluding hydrogens is 307 g/mol. The number of rotatable bonds is 1. The smallest absolute Gasteiger partial charge is 0.220 e. The minimum Gasteiger partial charge on any atom is -0.226 e. The van der Waals surface area contributed by atoms with Crippen molar-refractivity contribution in [3.63, 3.8) is 0 Å². The lowest BCUT2D eigenvalue weighted by molar-refractivity contribution is 0.587. The number of pyridine rings is 1. The van der Waals surface area contributed by atoms with E-state index >= 15 is 0 Å². The van der Waals surface area contributed by atoms with E-state index in [0.29, 0.717) is 15.6 Å². The van der Waals surface area contributed by atoms with Crippen molar-refractivity contribution in [1.82, 2.24) is 4.98 Å². The minimum absolute atomic E-state index is 0.169. The number of hydrogen-bond donors (Lipinski definition) is 0. The predicted molar refractivity (Wildman–Crippen MR) is 69.7 cm³/mol. The molecule has 0 atom stereocenters. The molecule has 0 saturated heterocycles. The van der Waals surface area contributed by atoms with Gasteiger partial charge < -0.3 is 0 Å². The lowest BCUT2D eigenvalue weighted by Gasteiger charge is -2.08. The first-order valence-corrected chi connectivity index (χ1v) is 5.97. The molecule has 1 heterocycles. The fourth-order valence-corrected chi connectivity index (χ4v) is 2.14. The molecule has 2 rings (SSSR count). The fraction of sp³-hybridized carbons (Fsp3) is 0. The van der Waals surface area contributed by atoms with Crippen molar-refractivity contribution >= 4 is 46.4 Å². The third-order valence-electron chi connectivity index (χ3n) is 2.13. The van der Waals surface area contributed by atoms with E-state index in [9.17, 15) is 4.39 Å². The van der Waals surface area contributed by atoms with Gasteiger partial charge >= 0.3 is 0 Å². The van der Waals surface area contributed by atoms with E-state index in [1.807, 2.05) is 0 Å². The summed E-state index contributed by atoms with van der Waals surface area (Å²) in [4.78, 5) is 3.51. The Morgan fingerprint density at radius 1 is 0.941 bits per heavy atom. The number of hydrogen-bond acceptors (Lipinski definition) is 1. The van der Waals surface area contributed by atoms with Gasteiger partial charge in [-0.3, -0.25) is 0 Å². The summed E-state index contributed by atoms with van der Waals surface area (Å²) in [7, 11) is 0. The first kappa shape index (κ1) is 12.9. The second kappa shape index (κ2) is 4.99. The Morgan fingerprint density at radius 3 is 2.35 bits per heavy atom. The Kier molecular flexibility index (Phi) is 3.79. The van der Waals surface area contributed by atoms with Crippen molar-refractivity contribution < 1.29 is 4.39 Å². The van der Waals surface area contributed by atoms with Gasteiger partial charge in [-0.1, -0.05) is 52.5 Å². The molecule has 0 aliphatic rings. The van der Waals surface area contributed by atoms with Crippen molar-refractivity contribution in [3.8, 4) is 11.1 Å². The Labute approximate surface area is 117 Å². The number of halogens is 5. The second-order valence-corrected chi connectivity index (χ2v) is 4.81. The van der Waals surface area contributed by atoms with Crippen LogP contribution < -0.4 is 0 Å². The fourth-order valence-electron chi connectivity index (χ4n) is 1.35. The van der Waals surface area contributed by atoms with Crippen molar-refractivity contribution in [1.29, 1.82) is 0 Å². The van der Waals surface area contributed by atoms with E-state index in [2.05, 4.69) is 4.98 Å². The van der Waals surface area contributed by atoms with Crippen LogP contribution in [0.25, 0.3) is 11.1 Å². The van der Waals surface area contributed by atoms with Crippen molar-refractivity contribution in [2.75, 3.05) is 0 Å². The van der Waals surface area contributed by atoms with Crippen molar-refractivity contribution in [2.24, 2.45) is 0 Å². The van der Waals surface area contributed by atoms with Gasteiger partial charge in [0, 0.05) is 17.3 Å². The normalized spacial score (nSPS) is 10.6. The van der Waals surface area contributed by atoms with E-state index in [0.717, 1.165) is 0 Å². The molecule has 0 bridgehead atoms. The maximum absolute atomic E-state index is 13.6. The molecule has 1 nitrogen and oxygen atoms in total. The first-order valence-electron chi connectivity index (χ1n) is 4.45. The highest BCUT2D eigenvalue weighted by Gasteiger charge is 2.14. The Hall–Kier alpha value is -0.540. The third-order valence-corrected chi connectivity index (χ3v) is 3.63. The molecule has 17 heavy (non-hydrogen) atoms. The monoisotopic (exact) mass is 309 g/mol. The Morgan fingerprint density at radius 2 is 1.65 bits per heavy atom. The van der Waals surface area contributed by atoms with Gasteiger partial charge in [-0.15, -0.1) is 0 Å². The molecule has 2 aromatic rings. The zero-order valence-electron chi connectivity index (χ0n) is 8.15. The average Bonchev–Trinajstić information content (AvgIpc) is 2.30. The van der Waals surface area contributed by atoms with Crippen LogP contribution in [0.5, 0.6) is 0 Å². The molecule has 0 N–H and O–H groups in total. The van der Waals surface area contributed by atoms with Crippen LogP contribution in [-0.2, 0) is 0 Å². The van der Waals surface area contributed by atoms with Crippen LogP contribution in [0, 0.1) is 5.95 Å². The Bertz CT molecular complexity index is 586. The molecule has 1 aromatic carbocycles. The van der Waals surface area contributed by atoms with Gasteiger partial charge in [0.1, 0.15) is 0 Å². The molecule has 6 heteroatoms. The van der Waals surface area contributed by atoms with Crippen LogP contribution in [0.3, 0.4) is 0 Å². The third kappa shape index (κ3) is 2.50. The zero-order valence-corrected chi connectivity index (χ0v) is 11.2. The van der Waals surface area contributed by atoms with Crippen LogP contribution in [0.4, 0.5) is 4.39 Å². The zero-order chi connectivity index (χ0) is 12.6. The summed E-state index contributed by atoms with van der Waals surface area (Å²) in [5.74, 6) is -0.672. The molecule has 88 valence electrons. The summed E-state index contributed by atoms with van der Waals surface area (Å²) in [6.45, 7) is 0. The molecule has 1 aromatic heterocycles. The van der Waals surface area contributed by atoms with Gasteiger partial charge in [0.2, 0.25) is 5.95 Å². The van der Waals surface area contributed by atoms with Gasteiger partial charge in [-0.2, -0.15) is 4.39 Å².